The Morgan fingerprint density at radius 3 is 2.58 bits per heavy atom. The quantitative estimate of drug-likeness (QED) is 0.837. The fourth-order valence-corrected chi connectivity index (χ4v) is 2.89. The fraction of sp³-hybridized carbons (Fsp3) is 0.688. The molecule has 0 aromatic carbocycles. The molecule has 0 bridgehead atoms. The molecule has 0 amide bonds. The van der Waals surface area contributed by atoms with Crippen LogP contribution in [0.3, 0.4) is 0 Å². The van der Waals surface area contributed by atoms with Crippen LogP contribution in [0.2, 0.25) is 0 Å². The highest BCUT2D eigenvalue weighted by molar-refractivity contribution is 5.99. The number of rotatable bonds is 3. The Hall–Kier alpha value is -1.09. The van der Waals surface area contributed by atoms with Gasteiger partial charge < -0.3 is 9.47 Å². The third-order valence-corrected chi connectivity index (χ3v) is 4.33. The van der Waals surface area contributed by atoms with Gasteiger partial charge in [-0.3, -0.25) is 4.79 Å². The first-order valence-corrected chi connectivity index (χ1v) is 7.10. The molecule has 0 saturated heterocycles. The average molecular weight is 262 g/mol. The molecule has 1 aliphatic rings. The summed E-state index contributed by atoms with van der Waals surface area (Å²) in [6, 6.07) is 2.55. The molecule has 1 aliphatic carbocycles. The van der Waals surface area contributed by atoms with Gasteiger partial charge in [0.25, 0.3) is 0 Å². The lowest BCUT2D eigenvalue weighted by Crippen LogP contribution is -2.32. The number of nitrogens with zero attached hydrogens (tertiary/aromatic N) is 2. The van der Waals surface area contributed by atoms with E-state index in [0.717, 1.165) is 18.5 Å². The Balaban J connectivity index is 2.39. The van der Waals surface area contributed by atoms with E-state index in [1.807, 2.05) is 0 Å². The number of ketones is 1. The number of carbonyl (C=O) groups is 1. The second-order valence-electron chi connectivity index (χ2n) is 7.01. The van der Waals surface area contributed by atoms with Crippen molar-refractivity contribution < 1.29 is 4.79 Å². The first-order valence-electron chi connectivity index (χ1n) is 7.10. The van der Waals surface area contributed by atoms with Gasteiger partial charge in [-0.1, -0.05) is 13.8 Å². The molecule has 1 heterocycles. The van der Waals surface area contributed by atoms with Crippen LogP contribution in [-0.4, -0.2) is 35.4 Å². The molecule has 1 aromatic rings. The summed E-state index contributed by atoms with van der Waals surface area (Å²) in [5.74, 6) is 0.311. The number of hydrogen-bond donors (Lipinski definition) is 0. The number of aryl methyl sites for hydroxylation is 1. The van der Waals surface area contributed by atoms with Crippen molar-refractivity contribution in [2.75, 3.05) is 14.1 Å². The number of fused-ring (bicyclic) bond motifs is 1. The van der Waals surface area contributed by atoms with Gasteiger partial charge in [0.15, 0.2) is 5.78 Å². The van der Waals surface area contributed by atoms with Gasteiger partial charge in [-0.2, -0.15) is 0 Å². The molecule has 106 valence electrons. The van der Waals surface area contributed by atoms with Gasteiger partial charge in [-0.25, -0.2) is 0 Å². The summed E-state index contributed by atoms with van der Waals surface area (Å²) in [6.07, 6.45) is 1.68. The van der Waals surface area contributed by atoms with E-state index < -0.39 is 0 Å². The molecule has 0 radical (unpaired) electrons. The number of likely N-dealkylation sites (N-methyl/N-ethyl adjacent to an activating group) is 1. The van der Waals surface area contributed by atoms with Crippen LogP contribution in [-0.2, 0) is 13.0 Å². The van der Waals surface area contributed by atoms with E-state index in [1.54, 1.807) is 0 Å². The summed E-state index contributed by atoms with van der Waals surface area (Å²) >= 11 is 0. The van der Waals surface area contributed by atoms with E-state index in [-0.39, 0.29) is 5.41 Å². The molecule has 0 fully saturated rings. The van der Waals surface area contributed by atoms with Crippen molar-refractivity contribution >= 4 is 5.78 Å². The molecule has 1 unspecified atom stereocenters. The second-order valence-corrected chi connectivity index (χ2v) is 7.01. The van der Waals surface area contributed by atoms with E-state index in [1.165, 1.54) is 11.4 Å². The molecule has 0 spiro atoms. The molecule has 19 heavy (non-hydrogen) atoms. The van der Waals surface area contributed by atoms with Crippen LogP contribution in [0.4, 0.5) is 0 Å². The Kier molecular flexibility index (Phi) is 3.61. The van der Waals surface area contributed by atoms with Crippen LogP contribution in [0.15, 0.2) is 6.07 Å². The van der Waals surface area contributed by atoms with Gasteiger partial charge in [0.1, 0.15) is 0 Å². The Morgan fingerprint density at radius 2 is 2.00 bits per heavy atom. The van der Waals surface area contributed by atoms with Crippen molar-refractivity contribution in [3.8, 4) is 0 Å². The maximum absolute atomic E-state index is 12.3. The number of hydrogen-bond acceptors (Lipinski definition) is 2. The number of carbonyl (C=O) groups excluding carboxylic acids is 1. The van der Waals surface area contributed by atoms with E-state index >= 15 is 0 Å². The minimum atomic E-state index is 0.0913. The normalized spacial score (nSPS) is 19.6. The molecule has 0 N–H and O–H groups in total. The number of aromatic nitrogens is 1. The van der Waals surface area contributed by atoms with Gasteiger partial charge in [0.05, 0.1) is 0 Å². The smallest absolute Gasteiger partial charge is 0.165 e. The Bertz CT molecular complexity index is 497. The van der Waals surface area contributed by atoms with E-state index in [4.69, 9.17) is 0 Å². The van der Waals surface area contributed by atoms with Crippen molar-refractivity contribution in [2.24, 2.45) is 5.41 Å². The molecule has 1 aromatic heterocycles. The molecule has 3 nitrogen and oxygen atoms in total. The zero-order chi connectivity index (χ0) is 14.4. The first kappa shape index (κ1) is 14.3. The minimum Gasteiger partial charge on any atom is -0.347 e. The van der Waals surface area contributed by atoms with Crippen molar-refractivity contribution in [3.63, 3.8) is 0 Å². The summed E-state index contributed by atoms with van der Waals surface area (Å²) in [4.78, 5) is 14.5. The monoisotopic (exact) mass is 262 g/mol. The summed E-state index contributed by atoms with van der Waals surface area (Å²) in [5, 5.41) is 0. The van der Waals surface area contributed by atoms with Crippen molar-refractivity contribution in [3.05, 3.63) is 23.0 Å². The lowest BCUT2D eigenvalue weighted by atomic mass is 9.76. The fourth-order valence-electron chi connectivity index (χ4n) is 2.89. The maximum Gasteiger partial charge on any atom is 0.165 e. The third kappa shape index (κ3) is 2.76. The van der Waals surface area contributed by atoms with Crippen LogP contribution in [0, 0.1) is 12.3 Å². The van der Waals surface area contributed by atoms with Gasteiger partial charge >= 0.3 is 0 Å². The van der Waals surface area contributed by atoms with Gasteiger partial charge in [-0.05, 0) is 45.8 Å². The maximum atomic E-state index is 12.3. The standard InChI is InChI=1S/C16H26N2O/c1-11-7-13-14(8-16(3,4)9-15(13)19)18(11)10-12(2)17(5)6/h7,12H,8-10H2,1-6H3. The lowest BCUT2D eigenvalue weighted by molar-refractivity contribution is 0.0909. The van der Waals surface area contributed by atoms with Crippen molar-refractivity contribution in [2.45, 2.75) is 53.1 Å². The third-order valence-electron chi connectivity index (χ3n) is 4.33. The predicted octanol–water partition coefficient (Wildman–Crippen LogP) is 2.90. The highest BCUT2D eigenvalue weighted by atomic mass is 16.1. The van der Waals surface area contributed by atoms with Crippen LogP contribution in [0.5, 0.6) is 0 Å². The van der Waals surface area contributed by atoms with Gasteiger partial charge in [0, 0.05) is 36.0 Å². The SMILES string of the molecule is Cc1cc2c(n1CC(C)N(C)C)CC(C)(C)CC2=O. The zero-order valence-corrected chi connectivity index (χ0v) is 13.1. The largest absolute Gasteiger partial charge is 0.347 e. The first-order chi connectivity index (χ1) is 8.71. The van der Waals surface area contributed by atoms with Crippen LogP contribution in [0.25, 0.3) is 0 Å². The molecular formula is C16H26N2O. The number of Topliss-reactive ketones (excluding diaryl/α,β-unsaturated/α-hetero) is 1. The summed E-state index contributed by atoms with van der Waals surface area (Å²) in [7, 11) is 4.20. The Labute approximate surface area is 116 Å². The van der Waals surface area contributed by atoms with Gasteiger partial charge in [0.2, 0.25) is 0 Å². The minimum absolute atomic E-state index is 0.0913. The van der Waals surface area contributed by atoms with Gasteiger partial charge in [-0.15, -0.1) is 0 Å². The lowest BCUT2D eigenvalue weighted by Gasteiger charge is -2.31. The zero-order valence-electron chi connectivity index (χ0n) is 13.1. The van der Waals surface area contributed by atoms with Crippen LogP contribution in [0.1, 0.15) is 48.9 Å². The van der Waals surface area contributed by atoms with E-state index in [2.05, 4.69) is 57.3 Å². The summed E-state index contributed by atoms with van der Waals surface area (Å²) in [5.41, 5.74) is 3.51. The van der Waals surface area contributed by atoms with Crippen molar-refractivity contribution in [1.29, 1.82) is 0 Å². The molecule has 0 aliphatic heterocycles. The van der Waals surface area contributed by atoms with Crippen LogP contribution >= 0.6 is 0 Å². The van der Waals surface area contributed by atoms with E-state index in [9.17, 15) is 4.79 Å². The molecule has 1 atom stereocenters. The Morgan fingerprint density at radius 1 is 1.37 bits per heavy atom. The average Bonchev–Trinajstić information content (AvgIpc) is 2.55. The topological polar surface area (TPSA) is 25.2 Å². The second kappa shape index (κ2) is 4.78. The van der Waals surface area contributed by atoms with E-state index in [0.29, 0.717) is 18.2 Å². The highest BCUT2D eigenvalue weighted by Crippen LogP contribution is 2.36. The summed E-state index contributed by atoms with van der Waals surface area (Å²) < 4.78 is 2.35. The van der Waals surface area contributed by atoms with Crippen LogP contribution < -0.4 is 0 Å². The predicted molar refractivity (Wildman–Crippen MR) is 78.8 cm³/mol. The van der Waals surface area contributed by atoms with Crippen molar-refractivity contribution in [1.82, 2.24) is 9.47 Å². The molecule has 0 saturated carbocycles. The highest BCUT2D eigenvalue weighted by Gasteiger charge is 2.34. The molecular weight excluding hydrogens is 236 g/mol. The molecule has 3 heteroatoms. The molecule has 2 rings (SSSR count). The summed E-state index contributed by atoms with van der Waals surface area (Å²) in [6.45, 7) is 9.67.